The van der Waals surface area contributed by atoms with Gasteiger partial charge in [0.15, 0.2) is 0 Å². The molecular weight excluding hydrogens is 363 g/mol. The lowest BCUT2D eigenvalue weighted by atomic mass is 10.0. The fourth-order valence-corrected chi connectivity index (χ4v) is 4.14. The molecule has 3 rings (SSSR count). The summed E-state index contributed by atoms with van der Waals surface area (Å²) in [5, 5.41) is 5.74. The van der Waals surface area contributed by atoms with Gasteiger partial charge >= 0.3 is 6.03 Å². The lowest BCUT2D eigenvalue weighted by molar-refractivity contribution is 0.189. The molecule has 1 aromatic carbocycles. The lowest BCUT2D eigenvalue weighted by Crippen LogP contribution is -2.41. The van der Waals surface area contributed by atoms with Crippen LogP contribution in [0.4, 0.5) is 10.5 Å². The van der Waals surface area contributed by atoms with Gasteiger partial charge in [0.05, 0.1) is 26.8 Å². The highest BCUT2D eigenvalue weighted by Crippen LogP contribution is 2.37. The van der Waals surface area contributed by atoms with Crippen molar-refractivity contribution < 1.29 is 4.79 Å². The third kappa shape index (κ3) is 2.81. The summed E-state index contributed by atoms with van der Waals surface area (Å²) in [6, 6.07) is 5.19. The van der Waals surface area contributed by atoms with Gasteiger partial charge in [-0.05, 0) is 42.5 Å². The van der Waals surface area contributed by atoms with Gasteiger partial charge in [0.25, 0.3) is 0 Å². The molecule has 0 spiro atoms. The molecule has 0 saturated heterocycles. The number of fused-ring (bicyclic) bond motifs is 1. The smallest absolute Gasteiger partial charge is 0.317 e. The average molecular weight is 376 g/mol. The van der Waals surface area contributed by atoms with E-state index < -0.39 is 0 Å². The number of rotatable bonds is 1. The fourth-order valence-electron chi connectivity index (χ4n) is 2.60. The van der Waals surface area contributed by atoms with Crippen molar-refractivity contribution in [1.82, 2.24) is 4.90 Å². The zero-order chi connectivity index (χ0) is 15.9. The Morgan fingerprint density at radius 3 is 2.82 bits per heavy atom. The Bertz CT molecular complexity index is 732. The minimum atomic E-state index is -0.190. The molecule has 0 aliphatic carbocycles. The van der Waals surface area contributed by atoms with Gasteiger partial charge in [0, 0.05) is 11.4 Å². The predicted octanol–water partition coefficient (Wildman–Crippen LogP) is 5.86. The second kappa shape index (κ2) is 6.28. The number of hydrogen-bond donors (Lipinski definition) is 1. The summed E-state index contributed by atoms with van der Waals surface area (Å²) in [4.78, 5) is 15.7. The number of amides is 2. The minimum absolute atomic E-state index is 0.0385. The molecule has 1 atom stereocenters. The molecule has 22 heavy (non-hydrogen) atoms. The van der Waals surface area contributed by atoms with E-state index in [1.807, 2.05) is 6.92 Å². The van der Waals surface area contributed by atoms with Gasteiger partial charge in [0.2, 0.25) is 0 Å². The van der Waals surface area contributed by atoms with Crippen LogP contribution in [0.15, 0.2) is 23.6 Å². The molecule has 1 unspecified atom stereocenters. The highest BCUT2D eigenvalue weighted by molar-refractivity contribution is 7.10. The van der Waals surface area contributed by atoms with Crippen molar-refractivity contribution in [1.29, 1.82) is 0 Å². The van der Waals surface area contributed by atoms with Crippen LogP contribution in [0.5, 0.6) is 0 Å². The first-order valence-electron chi connectivity index (χ1n) is 6.76. The molecule has 7 heteroatoms. The summed E-state index contributed by atoms with van der Waals surface area (Å²) >= 11 is 19.8. The third-order valence-corrected chi connectivity index (χ3v) is 6.10. The van der Waals surface area contributed by atoms with Crippen molar-refractivity contribution in [3.05, 3.63) is 49.1 Å². The lowest BCUT2D eigenvalue weighted by Gasteiger charge is -2.33. The van der Waals surface area contributed by atoms with Crippen LogP contribution in [0.25, 0.3) is 0 Å². The Hall–Kier alpha value is -0.940. The van der Waals surface area contributed by atoms with E-state index in [1.165, 1.54) is 10.4 Å². The number of halogens is 3. The van der Waals surface area contributed by atoms with Gasteiger partial charge in [-0.1, -0.05) is 34.8 Å². The topological polar surface area (TPSA) is 32.3 Å². The molecule has 2 amide bonds. The number of hydrogen-bond acceptors (Lipinski definition) is 2. The van der Waals surface area contributed by atoms with Crippen LogP contribution >= 0.6 is 46.1 Å². The quantitative estimate of drug-likeness (QED) is 0.622. The number of thiophene rings is 1. The van der Waals surface area contributed by atoms with E-state index in [2.05, 4.69) is 16.8 Å². The van der Waals surface area contributed by atoms with Crippen LogP contribution in [0, 0.1) is 0 Å². The Morgan fingerprint density at radius 1 is 1.27 bits per heavy atom. The Labute approximate surface area is 147 Å². The van der Waals surface area contributed by atoms with Crippen molar-refractivity contribution >= 4 is 57.9 Å². The van der Waals surface area contributed by atoms with Crippen molar-refractivity contribution in [3.8, 4) is 0 Å². The SMILES string of the molecule is CC1c2ccsc2CCN1C(=O)Nc1ccc(Cl)c(Cl)c1Cl. The second-order valence-electron chi connectivity index (χ2n) is 5.07. The van der Waals surface area contributed by atoms with Crippen LogP contribution in [-0.2, 0) is 6.42 Å². The normalized spacial score (nSPS) is 17.3. The molecule has 0 radical (unpaired) electrons. The number of urea groups is 1. The maximum absolute atomic E-state index is 12.5. The second-order valence-corrected chi connectivity index (χ2v) is 7.24. The van der Waals surface area contributed by atoms with Crippen LogP contribution in [-0.4, -0.2) is 17.5 Å². The van der Waals surface area contributed by atoms with E-state index >= 15 is 0 Å². The van der Waals surface area contributed by atoms with E-state index in [1.54, 1.807) is 28.4 Å². The number of carbonyl (C=O) groups is 1. The van der Waals surface area contributed by atoms with Crippen LogP contribution in [0.3, 0.4) is 0 Å². The highest BCUT2D eigenvalue weighted by Gasteiger charge is 2.28. The zero-order valence-corrected chi connectivity index (χ0v) is 14.8. The summed E-state index contributed by atoms with van der Waals surface area (Å²) in [5.74, 6) is 0. The monoisotopic (exact) mass is 374 g/mol. The zero-order valence-electron chi connectivity index (χ0n) is 11.7. The number of nitrogens with one attached hydrogen (secondary N) is 1. The molecule has 1 aromatic heterocycles. The Kier molecular flexibility index (Phi) is 4.55. The van der Waals surface area contributed by atoms with Gasteiger partial charge in [-0.2, -0.15) is 0 Å². The molecule has 0 bridgehead atoms. The largest absolute Gasteiger partial charge is 0.322 e. The minimum Gasteiger partial charge on any atom is -0.317 e. The van der Waals surface area contributed by atoms with E-state index in [4.69, 9.17) is 34.8 Å². The standard InChI is InChI=1S/C15H13Cl3N2OS/c1-8-9-5-7-22-12(9)4-6-20(8)15(21)19-11-3-2-10(16)13(17)14(11)18/h2-3,5,7-8H,4,6H2,1H3,(H,19,21). The molecule has 0 saturated carbocycles. The number of carbonyl (C=O) groups excluding carboxylic acids is 1. The van der Waals surface area contributed by atoms with Gasteiger partial charge in [-0.3, -0.25) is 0 Å². The van der Waals surface area contributed by atoms with Crippen molar-refractivity contribution in [2.45, 2.75) is 19.4 Å². The van der Waals surface area contributed by atoms with E-state index in [-0.39, 0.29) is 22.1 Å². The summed E-state index contributed by atoms with van der Waals surface area (Å²) in [6.07, 6.45) is 0.875. The molecule has 116 valence electrons. The predicted molar refractivity (Wildman–Crippen MR) is 93.6 cm³/mol. The summed E-state index contributed by atoms with van der Waals surface area (Å²) in [6.45, 7) is 2.71. The van der Waals surface area contributed by atoms with Crippen LogP contribution in [0.2, 0.25) is 15.1 Å². The molecule has 0 fully saturated rings. The molecule has 2 heterocycles. The molecule has 1 aliphatic rings. The summed E-state index contributed by atoms with van der Waals surface area (Å²) in [5.41, 5.74) is 1.68. The third-order valence-electron chi connectivity index (χ3n) is 3.81. The van der Waals surface area contributed by atoms with E-state index in [0.29, 0.717) is 17.3 Å². The fraction of sp³-hybridized carbons (Fsp3) is 0.267. The molecule has 2 aromatic rings. The summed E-state index contributed by atoms with van der Waals surface area (Å²) in [7, 11) is 0. The van der Waals surface area contributed by atoms with E-state index in [9.17, 15) is 4.79 Å². The van der Waals surface area contributed by atoms with Crippen LogP contribution in [0.1, 0.15) is 23.4 Å². The molecule has 1 N–H and O–H groups in total. The van der Waals surface area contributed by atoms with E-state index in [0.717, 1.165) is 6.42 Å². The molecular formula is C15H13Cl3N2OS. The van der Waals surface area contributed by atoms with Gasteiger partial charge < -0.3 is 10.2 Å². The Balaban J connectivity index is 1.80. The first-order chi connectivity index (χ1) is 10.5. The number of anilines is 1. The number of nitrogens with zero attached hydrogens (tertiary/aromatic N) is 1. The van der Waals surface area contributed by atoms with Crippen LogP contribution < -0.4 is 5.32 Å². The van der Waals surface area contributed by atoms with Crippen molar-refractivity contribution in [2.24, 2.45) is 0 Å². The van der Waals surface area contributed by atoms with Gasteiger partial charge in [-0.25, -0.2) is 4.79 Å². The first-order valence-corrected chi connectivity index (χ1v) is 8.77. The maximum Gasteiger partial charge on any atom is 0.322 e. The van der Waals surface area contributed by atoms with Gasteiger partial charge in [0.1, 0.15) is 0 Å². The summed E-state index contributed by atoms with van der Waals surface area (Å²) < 4.78 is 0. The van der Waals surface area contributed by atoms with Gasteiger partial charge in [-0.15, -0.1) is 11.3 Å². The average Bonchev–Trinajstić information content (AvgIpc) is 2.97. The first kappa shape index (κ1) is 15.9. The van der Waals surface area contributed by atoms with Crippen molar-refractivity contribution in [2.75, 3.05) is 11.9 Å². The number of benzene rings is 1. The van der Waals surface area contributed by atoms with Crippen molar-refractivity contribution in [3.63, 3.8) is 0 Å². The molecule has 1 aliphatic heterocycles. The Morgan fingerprint density at radius 2 is 2.05 bits per heavy atom. The molecule has 3 nitrogen and oxygen atoms in total. The maximum atomic E-state index is 12.5. The highest BCUT2D eigenvalue weighted by atomic mass is 35.5.